The van der Waals surface area contributed by atoms with Crippen LogP contribution in [-0.2, 0) is 10.3 Å². The maximum Gasteiger partial charge on any atom is 0.254 e. The molecule has 32 heavy (non-hydrogen) atoms. The van der Waals surface area contributed by atoms with Gasteiger partial charge < -0.3 is 14.5 Å². The first-order valence-electron chi connectivity index (χ1n) is 12.1. The number of piperidine rings is 1. The zero-order chi connectivity index (χ0) is 22.1. The van der Waals surface area contributed by atoms with E-state index in [4.69, 9.17) is 4.74 Å². The van der Waals surface area contributed by atoms with E-state index in [0.29, 0.717) is 32.3 Å². The second-order valence-electron chi connectivity index (χ2n) is 9.88. The van der Waals surface area contributed by atoms with E-state index >= 15 is 0 Å². The molecular weight excluding hydrogens is 398 g/mol. The minimum absolute atomic E-state index is 0.0258. The molecule has 4 aliphatic rings. The molecule has 2 aromatic carbocycles. The molecule has 4 aliphatic heterocycles. The number of morpholine rings is 1. The van der Waals surface area contributed by atoms with E-state index in [2.05, 4.69) is 60.0 Å². The van der Waals surface area contributed by atoms with Crippen LogP contribution in [0.15, 0.2) is 48.5 Å². The number of hydrogen-bond acceptors (Lipinski definition) is 4. The standard InChI is InChI=1S/C27H35N3O2/c1-27(2,30-16-15-28-13-11-25(30)12-14-28)24-9-7-22(8-10-24)21-3-5-23(6-4-21)26(31)29-17-19-32-20-18-29/h3-10,25H,11-20H2,1-2H3. The number of ether oxygens (including phenoxy) is 1. The van der Waals surface area contributed by atoms with Crippen LogP contribution >= 0.6 is 0 Å². The maximum absolute atomic E-state index is 12.7. The number of hydrogen-bond donors (Lipinski definition) is 0. The number of rotatable bonds is 4. The molecule has 4 fully saturated rings. The van der Waals surface area contributed by atoms with Gasteiger partial charge in [-0.15, -0.1) is 0 Å². The van der Waals surface area contributed by atoms with Crippen LogP contribution in [0.5, 0.6) is 0 Å². The largest absolute Gasteiger partial charge is 0.378 e. The number of carbonyl (C=O) groups is 1. The lowest BCUT2D eigenvalue weighted by molar-refractivity contribution is 0.0303. The maximum atomic E-state index is 12.7. The van der Waals surface area contributed by atoms with Crippen molar-refractivity contribution >= 4 is 5.91 Å². The zero-order valence-electron chi connectivity index (χ0n) is 19.4. The fraction of sp³-hybridized carbons (Fsp3) is 0.519. The minimum Gasteiger partial charge on any atom is -0.378 e. The predicted octanol–water partition coefficient (Wildman–Crippen LogP) is 3.84. The Kier molecular flexibility index (Phi) is 6.06. The molecule has 4 saturated heterocycles. The van der Waals surface area contributed by atoms with Crippen LogP contribution in [0.2, 0.25) is 0 Å². The van der Waals surface area contributed by atoms with E-state index in [0.717, 1.165) is 17.7 Å². The van der Waals surface area contributed by atoms with Crippen molar-refractivity contribution in [2.24, 2.45) is 0 Å². The van der Waals surface area contributed by atoms with E-state index in [1.807, 2.05) is 17.0 Å². The molecule has 0 aromatic heterocycles. The van der Waals surface area contributed by atoms with Gasteiger partial charge in [0.25, 0.3) is 5.91 Å². The third-order valence-corrected chi connectivity index (χ3v) is 7.73. The normalized spacial score (nSPS) is 24.4. The third kappa shape index (κ3) is 4.21. The monoisotopic (exact) mass is 433 g/mol. The Morgan fingerprint density at radius 2 is 1.41 bits per heavy atom. The molecule has 5 heteroatoms. The van der Waals surface area contributed by atoms with E-state index in [-0.39, 0.29) is 11.4 Å². The van der Waals surface area contributed by atoms with Crippen LogP contribution in [0.4, 0.5) is 0 Å². The van der Waals surface area contributed by atoms with Gasteiger partial charge in [-0.3, -0.25) is 9.69 Å². The summed E-state index contributed by atoms with van der Waals surface area (Å²) in [5, 5.41) is 0. The molecule has 1 amide bonds. The van der Waals surface area contributed by atoms with Crippen LogP contribution < -0.4 is 0 Å². The summed E-state index contributed by atoms with van der Waals surface area (Å²) in [5.74, 6) is 0.0971. The van der Waals surface area contributed by atoms with Gasteiger partial charge in [-0.1, -0.05) is 36.4 Å². The summed E-state index contributed by atoms with van der Waals surface area (Å²) in [6.45, 7) is 12.2. The van der Waals surface area contributed by atoms with Crippen LogP contribution in [0.3, 0.4) is 0 Å². The number of amides is 1. The number of carbonyl (C=O) groups excluding carboxylic acids is 1. The molecule has 0 unspecified atom stereocenters. The quantitative estimate of drug-likeness (QED) is 0.734. The Bertz CT molecular complexity index is 924. The molecule has 0 radical (unpaired) electrons. The first-order chi connectivity index (χ1) is 15.5. The SMILES string of the molecule is CC(C)(c1ccc(-c2ccc(C(=O)N3CCOCC3)cc2)cc1)N1CCN2CCC1CC2. The van der Waals surface area contributed by atoms with E-state index in [1.165, 1.54) is 43.6 Å². The van der Waals surface area contributed by atoms with Crippen molar-refractivity contribution in [2.45, 2.75) is 38.3 Å². The summed E-state index contributed by atoms with van der Waals surface area (Å²) in [4.78, 5) is 19.9. The van der Waals surface area contributed by atoms with Crippen molar-refractivity contribution in [3.8, 4) is 11.1 Å². The topological polar surface area (TPSA) is 36.0 Å². The Labute approximate surface area is 191 Å². The third-order valence-electron chi connectivity index (χ3n) is 7.73. The average Bonchev–Trinajstić information content (AvgIpc) is 3.19. The fourth-order valence-electron chi connectivity index (χ4n) is 5.61. The Morgan fingerprint density at radius 3 is 2.03 bits per heavy atom. The Balaban J connectivity index is 1.30. The minimum atomic E-state index is 0.0258. The van der Waals surface area contributed by atoms with Gasteiger partial charge in [-0.2, -0.15) is 0 Å². The zero-order valence-corrected chi connectivity index (χ0v) is 19.4. The number of nitrogens with zero attached hydrogens (tertiary/aromatic N) is 3. The molecule has 4 heterocycles. The molecule has 0 spiro atoms. The van der Waals surface area contributed by atoms with Gasteiger partial charge in [-0.05, 0) is 68.6 Å². The second-order valence-corrected chi connectivity index (χ2v) is 9.88. The molecule has 6 rings (SSSR count). The van der Waals surface area contributed by atoms with E-state index in [9.17, 15) is 4.79 Å². The summed E-state index contributed by atoms with van der Waals surface area (Å²) < 4.78 is 5.36. The van der Waals surface area contributed by atoms with Crippen molar-refractivity contribution in [2.75, 3.05) is 52.5 Å². The summed E-state index contributed by atoms with van der Waals surface area (Å²) >= 11 is 0. The molecule has 2 bridgehead atoms. The van der Waals surface area contributed by atoms with Gasteiger partial charge in [0, 0.05) is 43.3 Å². The molecule has 0 aliphatic carbocycles. The lowest BCUT2D eigenvalue weighted by Crippen LogP contribution is -2.48. The highest BCUT2D eigenvalue weighted by Gasteiger charge is 2.38. The Hall–Kier alpha value is -2.21. The van der Waals surface area contributed by atoms with Crippen molar-refractivity contribution in [1.29, 1.82) is 0 Å². The van der Waals surface area contributed by atoms with Crippen molar-refractivity contribution in [3.05, 3.63) is 59.7 Å². The summed E-state index contributed by atoms with van der Waals surface area (Å²) in [5.41, 5.74) is 4.49. The first kappa shape index (κ1) is 21.6. The van der Waals surface area contributed by atoms with Gasteiger partial charge in [0.15, 0.2) is 0 Å². The van der Waals surface area contributed by atoms with Gasteiger partial charge >= 0.3 is 0 Å². The lowest BCUT2D eigenvalue weighted by Gasteiger charge is -2.43. The lowest BCUT2D eigenvalue weighted by atomic mass is 9.88. The van der Waals surface area contributed by atoms with Crippen LogP contribution in [0.1, 0.15) is 42.6 Å². The van der Waals surface area contributed by atoms with Crippen LogP contribution in [0.25, 0.3) is 11.1 Å². The predicted molar refractivity (Wildman–Crippen MR) is 128 cm³/mol. The van der Waals surface area contributed by atoms with Gasteiger partial charge in [-0.25, -0.2) is 0 Å². The number of benzene rings is 2. The van der Waals surface area contributed by atoms with Gasteiger partial charge in [0.2, 0.25) is 0 Å². The van der Waals surface area contributed by atoms with Gasteiger partial charge in [0.1, 0.15) is 0 Å². The summed E-state index contributed by atoms with van der Waals surface area (Å²) in [6.07, 6.45) is 2.58. The molecule has 5 nitrogen and oxygen atoms in total. The van der Waals surface area contributed by atoms with E-state index < -0.39 is 0 Å². The molecule has 170 valence electrons. The molecule has 0 atom stereocenters. The van der Waals surface area contributed by atoms with Crippen LogP contribution in [0, 0.1) is 0 Å². The molecular formula is C27H35N3O2. The van der Waals surface area contributed by atoms with Crippen molar-refractivity contribution in [1.82, 2.24) is 14.7 Å². The van der Waals surface area contributed by atoms with Crippen molar-refractivity contribution < 1.29 is 9.53 Å². The molecule has 0 saturated carbocycles. The van der Waals surface area contributed by atoms with Gasteiger partial charge in [0.05, 0.1) is 13.2 Å². The van der Waals surface area contributed by atoms with E-state index in [1.54, 1.807) is 0 Å². The van der Waals surface area contributed by atoms with Crippen LogP contribution in [-0.4, -0.2) is 79.1 Å². The molecule has 2 aromatic rings. The van der Waals surface area contributed by atoms with Crippen molar-refractivity contribution in [3.63, 3.8) is 0 Å². The summed E-state index contributed by atoms with van der Waals surface area (Å²) in [6, 6.07) is 17.8. The highest BCUT2D eigenvalue weighted by Crippen LogP contribution is 2.35. The second kappa shape index (κ2) is 8.97. The smallest absolute Gasteiger partial charge is 0.254 e. The fourth-order valence-corrected chi connectivity index (χ4v) is 5.61. The number of fused-ring (bicyclic) bond motifs is 4. The highest BCUT2D eigenvalue weighted by molar-refractivity contribution is 5.94. The molecule has 0 N–H and O–H groups in total. The first-order valence-corrected chi connectivity index (χ1v) is 12.1. The average molecular weight is 434 g/mol. The highest BCUT2D eigenvalue weighted by atomic mass is 16.5. The Morgan fingerprint density at radius 1 is 0.812 bits per heavy atom. The summed E-state index contributed by atoms with van der Waals surface area (Å²) in [7, 11) is 0.